The van der Waals surface area contributed by atoms with E-state index in [0.717, 1.165) is 28.2 Å². The van der Waals surface area contributed by atoms with Crippen LogP contribution in [0.3, 0.4) is 0 Å². The highest BCUT2D eigenvalue weighted by molar-refractivity contribution is 6.78. The molecule has 0 N–H and O–H groups in total. The summed E-state index contributed by atoms with van der Waals surface area (Å²) >= 11 is 0. The number of carbonyl (C=O) groups is 1. The first-order valence-electron chi connectivity index (χ1n) is 13.1. The Morgan fingerprint density at radius 2 is 1.56 bits per heavy atom. The van der Waals surface area contributed by atoms with Gasteiger partial charge in [-0.15, -0.1) is 0 Å². The summed E-state index contributed by atoms with van der Waals surface area (Å²) in [7, 11) is -0.454. The first-order valence-corrected chi connectivity index (χ1v) is 15.3. The Kier molecular flexibility index (Phi) is 11.7. The molecular weight excluding hydrogens is 464 g/mol. The molecule has 0 radical (unpaired) electrons. The van der Waals surface area contributed by atoms with Crippen molar-refractivity contribution < 1.29 is 18.7 Å². The third-order valence-corrected chi connectivity index (χ3v) is 12.9. The molecule has 0 aliphatic carbocycles. The van der Waals surface area contributed by atoms with Crippen molar-refractivity contribution in [2.75, 3.05) is 13.7 Å². The van der Waals surface area contributed by atoms with Crippen LogP contribution in [0.4, 0.5) is 0 Å². The summed E-state index contributed by atoms with van der Waals surface area (Å²) in [5, 5.41) is 0. The van der Waals surface area contributed by atoms with Crippen molar-refractivity contribution >= 4 is 14.1 Å². The van der Waals surface area contributed by atoms with Gasteiger partial charge in [-0.3, -0.25) is 4.79 Å². The van der Waals surface area contributed by atoms with E-state index in [9.17, 15) is 4.79 Å². The molecular formula is C31H44O4Si. The van der Waals surface area contributed by atoms with Crippen LogP contribution in [0.15, 0.2) is 42.5 Å². The first kappa shape index (κ1) is 29.7. The fourth-order valence-corrected chi connectivity index (χ4v) is 10.4. The number of benzene rings is 2. The van der Waals surface area contributed by atoms with Crippen molar-refractivity contribution in [3.63, 3.8) is 0 Å². The fourth-order valence-electron chi connectivity index (χ4n) is 5.14. The monoisotopic (exact) mass is 508 g/mol. The van der Waals surface area contributed by atoms with Crippen LogP contribution in [0.5, 0.6) is 11.5 Å². The van der Waals surface area contributed by atoms with Crippen LogP contribution >= 0.6 is 0 Å². The predicted octanol–water partition coefficient (Wildman–Crippen LogP) is 7.67. The zero-order valence-electron chi connectivity index (χ0n) is 23.4. The zero-order valence-corrected chi connectivity index (χ0v) is 24.4. The van der Waals surface area contributed by atoms with Gasteiger partial charge in [0.15, 0.2) is 5.75 Å². The minimum atomic E-state index is -2.16. The number of ketones is 1. The normalized spacial score (nSPS) is 11.5. The minimum absolute atomic E-state index is 0.0909. The number of aryl methyl sites for hydroxylation is 2. The molecule has 0 bridgehead atoms. The summed E-state index contributed by atoms with van der Waals surface area (Å²) in [5.41, 5.74) is 4.62. The van der Waals surface area contributed by atoms with Gasteiger partial charge in [0.1, 0.15) is 5.75 Å². The molecule has 0 aliphatic heterocycles. The molecule has 0 spiro atoms. The first-order chi connectivity index (χ1) is 17.1. The number of hydrogen-bond acceptors (Lipinski definition) is 4. The molecule has 0 saturated carbocycles. The van der Waals surface area contributed by atoms with Crippen molar-refractivity contribution in [3.05, 3.63) is 59.2 Å². The van der Waals surface area contributed by atoms with Gasteiger partial charge in [-0.05, 0) is 52.6 Å². The number of rotatable bonds is 13. The zero-order chi connectivity index (χ0) is 26.7. The Balaban J connectivity index is 2.08. The molecule has 36 heavy (non-hydrogen) atoms. The van der Waals surface area contributed by atoms with E-state index in [1.807, 2.05) is 30.3 Å². The second-order valence-corrected chi connectivity index (χ2v) is 15.7. The van der Waals surface area contributed by atoms with E-state index in [-0.39, 0.29) is 5.78 Å². The molecule has 2 aromatic carbocycles. The van der Waals surface area contributed by atoms with E-state index in [2.05, 4.69) is 72.4 Å². The van der Waals surface area contributed by atoms with Gasteiger partial charge in [-0.2, -0.15) is 0 Å². The molecule has 2 aromatic rings. The van der Waals surface area contributed by atoms with Crippen LogP contribution in [-0.4, -0.2) is 27.8 Å². The summed E-state index contributed by atoms with van der Waals surface area (Å²) in [6.07, 6.45) is 1.59. The van der Waals surface area contributed by atoms with Crippen LogP contribution in [0, 0.1) is 18.8 Å². The molecule has 0 aliphatic rings. The van der Waals surface area contributed by atoms with Crippen LogP contribution in [0.1, 0.15) is 71.1 Å². The Morgan fingerprint density at radius 3 is 2.14 bits per heavy atom. The Labute approximate surface area is 219 Å². The van der Waals surface area contributed by atoms with Crippen molar-refractivity contribution in [2.24, 2.45) is 0 Å². The van der Waals surface area contributed by atoms with E-state index in [1.165, 1.54) is 0 Å². The Morgan fingerprint density at radius 1 is 0.917 bits per heavy atom. The maximum Gasteiger partial charge on any atom is 0.258 e. The molecule has 196 valence electrons. The van der Waals surface area contributed by atoms with Crippen molar-refractivity contribution in [2.45, 2.75) is 91.0 Å². The number of carbonyl (C=O) groups excluding carboxylic acids is 1. The molecule has 0 amide bonds. The summed E-state index contributed by atoms with van der Waals surface area (Å²) in [5.74, 6) is 7.43. The quantitative estimate of drug-likeness (QED) is 0.120. The highest BCUT2D eigenvalue weighted by atomic mass is 28.4. The predicted molar refractivity (Wildman–Crippen MR) is 151 cm³/mol. The van der Waals surface area contributed by atoms with Gasteiger partial charge in [-0.25, -0.2) is 0 Å². The minimum Gasteiger partial charge on any atom is -0.540 e. The molecule has 0 unspecified atom stereocenters. The third-order valence-electron chi connectivity index (χ3n) is 6.91. The highest BCUT2D eigenvalue weighted by Crippen LogP contribution is 2.46. The fraction of sp³-hybridized carbons (Fsp3) is 0.516. The van der Waals surface area contributed by atoms with Crippen LogP contribution < -0.4 is 9.16 Å². The van der Waals surface area contributed by atoms with E-state index in [0.29, 0.717) is 49.1 Å². The number of Topliss-reactive ketones (excluding diaryl/α,β-unsaturated/α-hetero) is 1. The molecule has 0 fully saturated rings. The van der Waals surface area contributed by atoms with Crippen LogP contribution in [0.25, 0.3) is 0 Å². The second kappa shape index (κ2) is 14.3. The smallest absolute Gasteiger partial charge is 0.258 e. The van der Waals surface area contributed by atoms with Gasteiger partial charge >= 0.3 is 0 Å². The molecule has 2 rings (SSSR count). The van der Waals surface area contributed by atoms with Gasteiger partial charge in [0.2, 0.25) is 5.78 Å². The largest absolute Gasteiger partial charge is 0.540 e. The molecule has 0 atom stereocenters. The van der Waals surface area contributed by atoms with Crippen molar-refractivity contribution in [1.82, 2.24) is 0 Å². The maximum atomic E-state index is 12.2. The van der Waals surface area contributed by atoms with Gasteiger partial charge in [0, 0.05) is 12.8 Å². The standard InChI is InChI=1S/C31H44O4Si/c1-23(2)36(24(3)4,25(5)6)35-31-28(19-18-26(7)30(31)33-8)16-12-13-17-29(32)20-21-34-22-27-14-10-9-11-15-27/h9-11,14-15,18-19,23-25H,12,16,20-22H2,1-8H3. The third kappa shape index (κ3) is 7.72. The van der Waals surface area contributed by atoms with Gasteiger partial charge in [0.05, 0.1) is 20.3 Å². The summed E-state index contributed by atoms with van der Waals surface area (Å²) in [6, 6.07) is 14.1. The maximum absolute atomic E-state index is 12.2. The Hall–Kier alpha value is -2.55. The lowest BCUT2D eigenvalue weighted by Gasteiger charge is -2.43. The van der Waals surface area contributed by atoms with E-state index >= 15 is 0 Å². The lowest BCUT2D eigenvalue weighted by Crippen LogP contribution is -2.51. The SMILES string of the molecule is COc1c(C)ccc(CCC#CC(=O)CCOCc2ccccc2)c1O[Si](C(C)C)(C(C)C)C(C)C. The van der Waals surface area contributed by atoms with Crippen LogP contribution in [-0.2, 0) is 22.6 Å². The van der Waals surface area contributed by atoms with Gasteiger partial charge in [-0.1, -0.05) is 89.9 Å². The molecule has 0 heterocycles. The van der Waals surface area contributed by atoms with E-state index in [4.69, 9.17) is 13.9 Å². The van der Waals surface area contributed by atoms with Crippen LogP contribution in [0.2, 0.25) is 16.6 Å². The summed E-state index contributed by atoms with van der Waals surface area (Å²) < 4.78 is 18.5. The molecule has 5 heteroatoms. The van der Waals surface area contributed by atoms with Crippen molar-refractivity contribution in [1.29, 1.82) is 0 Å². The summed E-state index contributed by atoms with van der Waals surface area (Å²) in [4.78, 5) is 12.2. The molecule has 0 aromatic heterocycles. The van der Waals surface area contributed by atoms with Gasteiger partial charge < -0.3 is 13.9 Å². The lowest BCUT2D eigenvalue weighted by molar-refractivity contribution is -0.114. The second-order valence-electron chi connectivity index (χ2n) is 10.3. The van der Waals surface area contributed by atoms with Gasteiger partial charge in [0.25, 0.3) is 8.32 Å². The number of ether oxygens (including phenoxy) is 2. The molecule has 4 nitrogen and oxygen atoms in total. The number of methoxy groups -OCH3 is 1. The van der Waals surface area contributed by atoms with Crippen molar-refractivity contribution in [3.8, 4) is 23.3 Å². The van der Waals surface area contributed by atoms with E-state index < -0.39 is 8.32 Å². The average Bonchev–Trinajstić information content (AvgIpc) is 2.83. The summed E-state index contributed by atoms with van der Waals surface area (Å²) in [6.45, 7) is 16.7. The lowest BCUT2D eigenvalue weighted by atomic mass is 10.1. The highest BCUT2D eigenvalue weighted by Gasteiger charge is 2.47. The molecule has 0 saturated heterocycles. The Bertz CT molecular complexity index is 1010. The van der Waals surface area contributed by atoms with E-state index in [1.54, 1.807) is 7.11 Å². The average molecular weight is 509 g/mol. The number of hydrogen-bond donors (Lipinski definition) is 0. The topological polar surface area (TPSA) is 44.8 Å².